The first-order valence-electron chi connectivity index (χ1n) is 9.49. The molecule has 158 valence electrons. The van der Waals surface area contributed by atoms with E-state index in [4.69, 9.17) is 11.6 Å². The van der Waals surface area contributed by atoms with Gasteiger partial charge in [-0.15, -0.1) is 11.3 Å². The number of carbonyl (C=O) groups excluding carboxylic acids is 1. The lowest BCUT2D eigenvalue weighted by atomic mass is 10.0. The Labute approximate surface area is 187 Å². The van der Waals surface area contributed by atoms with Crippen molar-refractivity contribution in [2.24, 2.45) is 7.05 Å². The largest absolute Gasteiger partial charge is 0.506 e. The number of benzene rings is 2. The first-order valence-corrected chi connectivity index (χ1v) is 10.7. The van der Waals surface area contributed by atoms with E-state index in [1.165, 1.54) is 22.0 Å². The molecule has 1 atom stereocenters. The van der Waals surface area contributed by atoms with Crippen LogP contribution in [-0.2, 0) is 7.05 Å². The van der Waals surface area contributed by atoms with E-state index in [1.807, 2.05) is 17.5 Å². The maximum Gasteiger partial charge on any atom is 0.265 e. The summed E-state index contributed by atoms with van der Waals surface area (Å²) in [5.74, 6) is -0.835. The van der Waals surface area contributed by atoms with Gasteiger partial charge in [-0.05, 0) is 41.8 Å². The third kappa shape index (κ3) is 4.02. The maximum atomic E-state index is 13.2. The van der Waals surface area contributed by atoms with Gasteiger partial charge in [0.15, 0.2) is 5.78 Å². The molecule has 2 aromatic heterocycles. The normalized spacial score (nSPS) is 12.1. The summed E-state index contributed by atoms with van der Waals surface area (Å²) in [6, 6.07) is 14.6. The van der Waals surface area contributed by atoms with Crippen LogP contribution < -0.4 is 10.9 Å². The Morgan fingerprint density at radius 1 is 1.16 bits per heavy atom. The molecule has 0 aliphatic heterocycles. The molecule has 2 heterocycles. The van der Waals surface area contributed by atoms with Crippen LogP contribution in [0.3, 0.4) is 0 Å². The number of aryl methyl sites for hydroxylation is 1. The van der Waals surface area contributed by atoms with Crippen molar-refractivity contribution >= 4 is 45.3 Å². The molecular weight excluding hydrogens is 436 g/mol. The number of hydrogen-bond donors (Lipinski definition) is 3. The van der Waals surface area contributed by atoms with Gasteiger partial charge in [0.25, 0.3) is 5.56 Å². The number of aromatic hydroxyl groups is 2. The molecule has 0 radical (unpaired) electrons. The fourth-order valence-electron chi connectivity index (χ4n) is 3.54. The van der Waals surface area contributed by atoms with E-state index in [0.29, 0.717) is 21.6 Å². The Morgan fingerprint density at radius 3 is 2.68 bits per heavy atom. The molecule has 0 unspecified atom stereocenters. The Morgan fingerprint density at radius 2 is 1.94 bits per heavy atom. The third-order valence-electron chi connectivity index (χ3n) is 5.12. The smallest absolute Gasteiger partial charge is 0.265 e. The lowest BCUT2D eigenvalue weighted by Gasteiger charge is -2.20. The van der Waals surface area contributed by atoms with Crippen molar-refractivity contribution in [2.75, 3.05) is 5.32 Å². The topological polar surface area (TPSA) is 91.6 Å². The number of para-hydroxylation sites is 1. The summed E-state index contributed by atoms with van der Waals surface area (Å²) >= 11 is 7.49. The number of fused-ring (bicyclic) bond motifs is 1. The number of phenolic OH excluding ortho intramolecular Hbond substituents is 1. The molecule has 0 spiro atoms. The second-order valence-corrected chi connectivity index (χ2v) is 8.52. The highest BCUT2D eigenvalue weighted by Gasteiger charge is 2.25. The van der Waals surface area contributed by atoms with Gasteiger partial charge in [-0.25, -0.2) is 0 Å². The van der Waals surface area contributed by atoms with E-state index in [9.17, 15) is 19.8 Å². The van der Waals surface area contributed by atoms with Crippen molar-refractivity contribution in [1.29, 1.82) is 0 Å². The van der Waals surface area contributed by atoms with Crippen molar-refractivity contribution in [3.63, 3.8) is 0 Å². The van der Waals surface area contributed by atoms with Crippen LogP contribution in [0.15, 0.2) is 64.8 Å². The highest BCUT2D eigenvalue weighted by molar-refractivity contribution is 7.10. The minimum Gasteiger partial charge on any atom is -0.506 e. The summed E-state index contributed by atoms with van der Waals surface area (Å²) in [7, 11) is 1.57. The van der Waals surface area contributed by atoms with E-state index in [2.05, 4.69) is 5.32 Å². The van der Waals surface area contributed by atoms with Crippen LogP contribution in [0.2, 0.25) is 5.02 Å². The highest BCUT2D eigenvalue weighted by atomic mass is 35.5. The van der Waals surface area contributed by atoms with Crippen molar-refractivity contribution in [2.45, 2.75) is 12.5 Å². The molecule has 0 aliphatic rings. The molecule has 0 fully saturated rings. The average Bonchev–Trinajstić information content (AvgIpc) is 3.29. The highest BCUT2D eigenvalue weighted by Crippen LogP contribution is 2.34. The summed E-state index contributed by atoms with van der Waals surface area (Å²) in [6.45, 7) is 0. The van der Waals surface area contributed by atoms with E-state index < -0.39 is 17.4 Å². The zero-order chi connectivity index (χ0) is 22.1. The van der Waals surface area contributed by atoms with Gasteiger partial charge in [0.2, 0.25) is 0 Å². The number of rotatable bonds is 6. The van der Waals surface area contributed by atoms with Gasteiger partial charge >= 0.3 is 0 Å². The van der Waals surface area contributed by atoms with Gasteiger partial charge in [0.05, 0.1) is 17.2 Å². The van der Waals surface area contributed by atoms with Crippen LogP contribution in [-0.4, -0.2) is 20.6 Å². The minimum atomic E-state index is -0.559. The molecule has 3 N–H and O–H groups in total. The van der Waals surface area contributed by atoms with Crippen LogP contribution >= 0.6 is 22.9 Å². The number of halogens is 1. The quantitative estimate of drug-likeness (QED) is 0.279. The predicted octanol–water partition coefficient (Wildman–Crippen LogP) is 5.09. The number of carbonyl (C=O) groups is 1. The number of pyridine rings is 1. The van der Waals surface area contributed by atoms with Gasteiger partial charge in [0, 0.05) is 28.8 Å². The van der Waals surface area contributed by atoms with Crippen LogP contribution in [0.5, 0.6) is 11.5 Å². The monoisotopic (exact) mass is 454 g/mol. The Balaban J connectivity index is 1.74. The average molecular weight is 455 g/mol. The SMILES string of the molecule is Cn1c(=O)c(C(=O)C[C@H](Nc2cc(Cl)ccc2O)c2cccs2)c(O)c2ccccc21. The number of ketones is 1. The molecule has 6 nitrogen and oxygen atoms in total. The van der Waals surface area contributed by atoms with E-state index in [1.54, 1.807) is 43.4 Å². The standard InChI is InChI=1S/C23H19ClN2O4S/c1-26-17-6-3-2-5-14(17)22(29)21(23(26)30)19(28)12-16(20-7-4-10-31-20)25-15-11-13(24)8-9-18(15)27/h2-11,16,25,27,29H,12H2,1H3/t16-/m0/s1. The molecule has 2 aromatic carbocycles. The van der Waals surface area contributed by atoms with Gasteiger partial charge in [-0.3, -0.25) is 9.59 Å². The fraction of sp³-hybridized carbons (Fsp3) is 0.130. The summed E-state index contributed by atoms with van der Waals surface area (Å²) in [5.41, 5.74) is 0.101. The van der Waals surface area contributed by atoms with Crippen molar-refractivity contribution in [3.8, 4) is 11.5 Å². The molecule has 0 amide bonds. The third-order valence-corrected chi connectivity index (χ3v) is 6.34. The molecule has 4 rings (SSSR count). The lowest BCUT2D eigenvalue weighted by molar-refractivity contribution is 0.0972. The molecule has 0 saturated heterocycles. The van der Waals surface area contributed by atoms with Crippen LogP contribution in [0.4, 0.5) is 5.69 Å². The summed E-state index contributed by atoms with van der Waals surface area (Å²) in [5, 5.41) is 26.8. The maximum absolute atomic E-state index is 13.2. The van der Waals surface area contributed by atoms with Crippen LogP contribution in [0.1, 0.15) is 27.7 Å². The van der Waals surface area contributed by atoms with E-state index in [0.717, 1.165) is 4.88 Å². The molecule has 0 saturated carbocycles. The van der Waals surface area contributed by atoms with Crippen LogP contribution in [0.25, 0.3) is 10.9 Å². The van der Waals surface area contributed by atoms with E-state index >= 15 is 0 Å². The van der Waals surface area contributed by atoms with Gasteiger partial charge in [-0.2, -0.15) is 0 Å². The lowest BCUT2D eigenvalue weighted by Crippen LogP contribution is -2.26. The fourth-order valence-corrected chi connectivity index (χ4v) is 4.49. The Bertz CT molecular complexity index is 1330. The molecule has 8 heteroatoms. The second-order valence-electron chi connectivity index (χ2n) is 7.11. The van der Waals surface area contributed by atoms with E-state index in [-0.39, 0.29) is 23.5 Å². The zero-order valence-electron chi connectivity index (χ0n) is 16.5. The van der Waals surface area contributed by atoms with Gasteiger partial charge in [0.1, 0.15) is 17.1 Å². The number of hydrogen-bond acceptors (Lipinski definition) is 6. The Hall–Kier alpha value is -3.29. The first-order chi connectivity index (χ1) is 14.9. The second kappa shape index (κ2) is 8.45. The summed E-state index contributed by atoms with van der Waals surface area (Å²) in [4.78, 5) is 26.9. The molecule has 31 heavy (non-hydrogen) atoms. The van der Waals surface area contributed by atoms with Crippen molar-refractivity contribution in [1.82, 2.24) is 4.57 Å². The van der Waals surface area contributed by atoms with Gasteiger partial charge < -0.3 is 20.1 Å². The first kappa shape index (κ1) is 21.0. The Kier molecular flexibility index (Phi) is 5.71. The molecule has 0 aliphatic carbocycles. The number of thiophene rings is 1. The van der Waals surface area contributed by atoms with Crippen LogP contribution in [0, 0.1) is 0 Å². The number of nitrogens with one attached hydrogen (secondary N) is 1. The predicted molar refractivity (Wildman–Crippen MR) is 124 cm³/mol. The number of Topliss-reactive ketones (excluding diaryl/α,β-unsaturated/α-hetero) is 1. The number of nitrogens with zero attached hydrogens (tertiary/aromatic N) is 1. The molecule has 4 aromatic rings. The number of anilines is 1. The van der Waals surface area contributed by atoms with Gasteiger partial charge in [-0.1, -0.05) is 29.8 Å². The van der Waals surface area contributed by atoms with Crippen molar-refractivity contribution in [3.05, 3.63) is 85.8 Å². The van der Waals surface area contributed by atoms with Crippen molar-refractivity contribution < 1.29 is 15.0 Å². The molecular formula is C23H19ClN2O4S. The number of aromatic nitrogens is 1. The number of phenols is 1. The summed E-state index contributed by atoms with van der Waals surface area (Å²) < 4.78 is 1.36. The summed E-state index contributed by atoms with van der Waals surface area (Å²) in [6.07, 6.45) is -0.104. The minimum absolute atomic E-state index is 0.0112. The molecule has 0 bridgehead atoms. The zero-order valence-corrected chi connectivity index (χ0v) is 18.1.